The molecule has 0 saturated heterocycles. The summed E-state index contributed by atoms with van der Waals surface area (Å²) in [6.07, 6.45) is 2.53. The van der Waals surface area contributed by atoms with Crippen molar-refractivity contribution in [3.8, 4) is 0 Å². The minimum absolute atomic E-state index is 0.349. The molecule has 0 heterocycles. The van der Waals surface area contributed by atoms with E-state index in [1.54, 1.807) is 12.1 Å². The maximum atomic E-state index is 11.2. The first-order valence-corrected chi connectivity index (χ1v) is 6.93. The molecule has 0 bridgehead atoms. The average molecular weight is 262 g/mol. The van der Waals surface area contributed by atoms with Gasteiger partial charge >= 0.3 is 5.97 Å². The Morgan fingerprint density at radius 1 is 0.950 bits per heavy atom. The predicted molar refractivity (Wildman–Crippen MR) is 80.4 cm³/mol. The molecule has 1 fully saturated rings. The molecule has 20 heavy (non-hydrogen) atoms. The number of hydrogen-bond acceptors (Lipinski definition) is 1. The van der Waals surface area contributed by atoms with Gasteiger partial charge in [0.15, 0.2) is 0 Å². The van der Waals surface area contributed by atoms with Crippen molar-refractivity contribution in [3.63, 3.8) is 0 Å². The van der Waals surface area contributed by atoms with Crippen LogP contribution in [0.2, 0.25) is 0 Å². The molecule has 0 aromatic heterocycles. The van der Waals surface area contributed by atoms with Gasteiger partial charge in [-0.1, -0.05) is 36.4 Å². The lowest BCUT2D eigenvalue weighted by atomic mass is 9.94. The largest absolute Gasteiger partial charge is 0.478 e. The van der Waals surface area contributed by atoms with E-state index >= 15 is 0 Å². The Kier molecular flexibility index (Phi) is 2.34. The van der Waals surface area contributed by atoms with E-state index in [0.29, 0.717) is 11.5 Å². The van der Waals surface area contributed by atoms with Crippen LogP contribution in [-0.2, 0) is 0 Å². The lowest BCUT2D eigenvalue weighted by Crippen LogP contribution is -1.96. The Balaban J connectivity index is 2.12. The summed E-state index contributed by atoms with van der Waals surface area (Å²) >= 11 is 0. The van der Waals surface area contributed by atoms with Crippen LogP contribution in [0.4, 0.5) is 0 Å². The Labute approximate surface area is 116 Å². The topological polar surface area (TPSA) is 37.3 Å². The fraction of sp³-hybridized carbons (Fsp3) is 0.167. The van der Waals surface area contributed by atoms with Gasteiger partial charge in [0.25, 0.3) is 0 Å². The standard InChI is InChI=1S/C18H14O2/c19-18(20)13-8-7-12-9-16(11-5-6-11)14-3-1-2-4-15(14)17(12)10-13/h1-4,7-11H,5-6H2,(H,19,20). The monoisotopic (exact) mass is 262 g/mol. The van der Waals surface area contributed by atoms with Gasteiger partial charge in [0, 0.05) is 0 Å². The summed E-state index contributed by atoms with van der Waals surface area (Å²) in [5.74, 6) is -0.189. The molecule has 1 N–H and O–H groups in total. The zero-order valence-corrected chi connectivity index (χ0v) is 11.0. The number of benzene rings is 3. The number of aromatic carboxylic acids is 1. The third-order valence-electron chi connectivity index (χ3n) is 4.16. The van der Waals surface area contributed by atoms with Crippen LogP contribution in [0.5, 0.6) is 0 Å². The number of carbonyl (C=O) groups is 1. The quantitative estimate of drug-likeness (QED) is 0.687. The molecule has 1 aliphatic carbocycles. The number of carboxylic acids is 1. The van der Waals surface area contributed by atoms with E-state index in [1.807, 2.05) is 12.1 Å². The second kappa shape index (κ2) is 4.07. The molecular formula is C18H14O2. The van der Waals surface area contributed by atoms with Gasteiger partial charge in [-0.25, -0.2) is 4.79 Å². The van der Waals surface area contributed by atoms with Gasteiger partial charge < -0.3 is 5.11 Å². The zero-order valence-electron chi connectivity index (χ0n) is 11.0. The molecule has 0 atom stereocenters. The lowest BCUT2D eigenvalue weighted by molar-refractivity contribution is 0.0697. The van der Waals surface area contributed by atoms with Crippen LogP contribution in [0.15, 0.2) is 48.5 Å². The highest BCUT2D eigenvalue weighted by Crippen LogP contribution is 2.45. The number of carboxylic acid groups (broad SMARTS) is 1. The molecule has 98 valence electrons. The smallest absolute Gasteiger partial charge is 0.335 e. The van der Waals surface area contributed by atoms with Crippen molar-refractivity contribution in [2.24, 2.45) is 0 Å². The highest BCUT2D eigenvalue weighted by atomic mass is 16.4. The minimum atomic E-state index is -0.873. The van der Waals surface area contributed by atoms with E-state index in [-0.39, 0.29) is 0 Å². The summed E-state index contributed by atoms with van der Waals surface area (Å²) in [4.78, 5) is 11.2. The van der Waals surface area contributed by atoms with Crippen molar-refractivity contribution in [2.45, 2.75) is 18.8 Å². The average Bonchev–Trinajstić information content (AvgIpc) is 3.30. The Hall–Kier alpha value is -2.35. The molecule has 0 amide bonds. The van der Waals surface area contributed by atoms with Gasteiger partial charge in [-0.2, -0.15) is 0 Å². The predicted octanol–water partition coefficient (Wildman–Crippen LogP) is 4.57. The van der Waals surface area contributed by atoms with Crippen molar-refractivity contribution < 1.29 is 9.90 Å². The van der Waals surface area contributed by atoms with Crippen molar-refractivity contribution in [3.05, 3.63) is 59.7 Å². The van der Waals surface area contributed by atoms with Gasteiger partial charge in [0.2, 0.25) is 0 Å². The summed E-state index contributed by atoms with van der Waals surface area (Å²) in [6.45, 7) is 0. The van der Waals surface area contributed by atoms with Crippen molar-refractivity contribution in [1.82, 2.24) is 0 Å². The molecule has 1 saturated carbocycles. The molecule has 0 unspecified atom stereocenters. The summed E-state index contributed by atoms with van der Waals surface area (Å²) in [7, 11) is 0. The summed E-state index contributed by atoms with van der Waals surface area (Å²) in [5, 5.41) is 13.8. The minimum Gasteiger partial charge on any atom is -0.478 e. The molecular weight excluding hydrogens is 248 g/mol. The van der Waals surface area contributed by atoms with Gasteiger partial charge in [-0.15, -0.1) is 0 Å². The van der Waals surface area contributed by atoms with E-state index in [1.165, 1.54) is 23.8 Å². The first kappa shape index (κ1) is 11.5. The second-order valence-corrected chi connectivity index (χ2v) is 5.53. The Bertz CT molecular complexity index is 845. The van der Waals surface area contributed by atoms with E-state index in [0.717, 1.165) is 16.2 Å². The van der Waals surface area contributed by atoms with Gasteiger partial charge in [0.05, 0.1) is 5.56 Å². The molecule has 2 nitrogen and oxygen atoms in total. The van der Waals surface area contributed by atoms with Gasteiger partial charge in [0.1, 0.15) is 0 Å². The van der Waals surface area contributed by atoms with Crippen LogP contribution in [-0.4, -0.2) is 11.1 Å². The molecule has 3 aromatic carbocycles. The highest BCUT2D eigenvalue weighted by Gasteiger charge is 2.25. The van der Waals surface area contributed by atoms with Crippen molar-refractivity contribution in [2.75, 3.05) is 0 Å². The van der Waals surface area contributed by atoms with Crippen LogP contribution >= 0.6 is 0 Å². The third kappa shape index (κ3) is 1.68. The van der Waals surface area contributed by atoms with Crippen molar-refractivity contribution >= 4 is 27.5 Å². The molecule has 3 aromatic rings. The zero-order chi connectivity index (χ0) is 13.7. The number of hydrogen-bond donors (Lipinski definition) is 1. The van der Waals surface area contributed by atoms with Crippen LogP contribution in [0.3, 0.4) is 0 Å². The summed E-state index contributed by atoms with van der Waals surface area (Å²) < 4.78 is 0. The Morgan fingerprint density at radius 2 is 1.70 bits per heavy atom. The van der Waals surface area contributed by atoms with Crippen LogP contribution in [0, 0.1) is 0 Å². The number of rotatable bonds is 2. The first-order chi connectivity index (χ1) is 9.74. The molecule has 0 aliphatic heterocycles. The molecule has 1 aliphatic rings. The van der Waals surface area contributed by atoms with Crippen molar-refractivity contribution in [1.29, 1.82) is 0 Å². The van der Waals surface area contributed by atoms with Crippen LogP contribution < -0.4 is 0 Å². The van der Waals surface area contributed by atoms with E-state index in [4.69, 9.17) is 5.11 Å². The van der Waals surface area contributed by atoms with Crippen LogP contribution in [0.25, 0.3) is 21.5 Å². The highest BCUT2D eigenvalue weighted by molar-refractivity contribution is 6.11. The van der Waals surface area contributed by atoms with Crippen LogP contribution in [0.1, 0.15) is 34.7 Å². The number of fused-ring (bicyclic) bond motifs is 3. The lowest BCUT2D eigenvalue weighted by Gasteiger charge is -2.10. The van der Waals surface area contributed by atoms with E-state index in [2.05, 4.69) is 24.3 Å². The first-order valence-electron chi connectivity index (χ1n) is 6.93. The maximum Gasteiger partial charge on any atom is 0.335 e. The SMILES string of the molecule is O=C(O)c1ccc2cc(C3CC3)c3ccccc3c2c1. The maximum absolute atomic E-state index is 11.2. The third-order valence-corrected chi connectivity index (χ3v) is 4.16. The molecule has 0 radical (unpaired) electrons. The van der Waals surface area contributed by atoms with Gasteiger partial charge in [-0.05, 0) is 58.0 Å². The van der Waals surface area contributed by atoms with Gasteiger partial charge in [-0.3, -0.25) is 0 Å². The molecule has 0 spiro atoms. The fourth-order valence-electron chi connectivity index (χ4n) is 3.00. The van der Waals surface area contributed by atoms with E-state index in [9.17, 15) is 4.79 Å². The fourth-order valence-corrected chi connectivity index (χ4v) is 3.00. The summed E-state index contributed by atoms with van der Waals surface area (Å²) in [6, 6.07) is 16.0. The molecule has 4 rings (SSSR count). The molecule has 2 heteroatoms. The van der Waals surface area contributed by atoms with E-state index < -0.39 is 5.97 Å². The normalized spacial score (nSPS) is 14.8. The summed E-state index contributed by atoms with van der Waals surface area (Å²) in [5.41, 5.74) is 1.76. The Morgan fingerprint density at radius 3 is 2.40 bits per heavy atom. The second-order valence-electron chi connectivity index (χ2n) is 5.53.